The number of likely N-dealkylation sites (tertiary alicyclic amines) is 1. The number of carbonyl (C=O) groups excluding carboxylic acids is 3. The zero-order chi connectivity index (χ0) is 29.5. The van der Waals surface area contributed by atoms with Gasteiger partial charge in [0.2, 0.25) is 17.7 Å². The van der Waals surface area contributed by atoms with Crippen molar-refractivity contribution >= 4 is 34.6 Å². The van der Waals surface area contributed by atoms with E-state index in [1.807, 2.05) is 62.5 Å². The number of amides is 3. The quantitative estimate of drug-likeness (QED) is 0.228. The molecule has 6 N–H and O–H groups in total. The van der Waals surface area contributed by atoms with Crippen LogP contribution in [0.3, 0.4) is 0 Å². The van der Waals surface area contributed by atoms with Crippen LogP contribution in [-0.2, 0) is 32.0 Å². The summed E-state index contributed by atoms with van der Waals surface area (Å²) in [7, 11) is 0. The molecule has 0 spiro atoms. The van der Waals surface area contributed by atoms with Gasteiger partial charge in [0.1, 0.15) is 18.1 Å². The molecule has 0 bridgehead atoms. The highest BCUT2D eigenvalue weighted by Gasteiger charge is 2.39. The van der Waals surface area contributed by atoms with Gasteiger partial charge < -0.3 is 31.4 Å². The average Bonchev–Trinajstić information content (AvgIpc) is 3.60. The van der Waals surface area contributed by atoms with Gasteiger partial charge in [-0.2, -0.15) is 0 Å². The molecule has 4 unspecified atom stereocenters. The maximum atomic E-state index is 13.7. The van der Waals surface area contributed by atoms with Crippen LogP contribution in [-0.4, -0.2) is 69.4 Å². The predicted octanol–water partition coefficient (Wildman–Crippen LogP) is 2.37. The Morgan fingerprint density at radius 3 is 2.41 bits per heavy atom. The number of nitrogens with two attached hydrogens (primary N) is 1. The molecule has 41 heavy (non-hydrogen) atoms. The van der Waals surface area contributed by atoms with Gasteiger partial charge in [0.25, 0.3) is 0 Å². The van der Waals surface area contributed by atoms with Gasteiger partial charge >= 0.3 is 5.97 Å². The van der Waals surface area contributed by atoms with Gasteiger partial charge in [-0.3, -0.25) is 14.4 Å². The average molecular weight is 562 g/mol. The second-order valence-electron chi connectivity index (χ2n) is 11.1. The first-order chi connectivity index (χ1) is 19.6. The molecule has 0 radical (unpaired) electrons. The minimum atomic E-state index is -1.15. The monoisotopic (exact) mass is 561 g/mol. The summed E-state index contributed by atoms with van der Waals surface area (Å²) in [5.41, 5.74) is 8.93. The second kappa shape index (κ2) is 13.5. The van der Waals surface area contributed by atoms with E-state index in [9.17, 15) is 24.3 Å². The number of hydrogen-bond acceptors (Lipinski definition) is 5. The van der Waals surface area contributed by atoms with Crippen LogP contribution in [0.4, 0.5) is 0 Å². The number of carbonyl (C=O) groups is 4. The van der Waals surface area contributed by atoms with E-state index in [2.05, 4.69) is 15.6 Å². The molecule has 3 amide bonds. The molecule has 3 aromatic rings. The van der Waals surface area contributed by atoms with Crippen LogP contribution in [0.15, 0.2) is 60.8 Å². The Morgan fingerprint density at radius 2 is 1.71 bits per heavy atom. The van der Waals surface area contributed by atoms with Crippen molar-refractivity contribution in [3.63, 3.8) is 0 Å². The maximum Gasteiger partial charge on any atom is 0.326 e. The lowest BCUT2D eigenvalue weighted by Gasteiger charge is -2.30. The normalized spacial score (nSPS) is 17.3. The highest BCUT2D eigenvalue weighted by molar-refractivity contribution is 5.95. The molecular weight excluding hydrogens is 522 g/mol. The fourth-order valence-corrected chi connectivity index (χ4v) is 5.42. The number of fused-ring (bicyclic) bond motifs is 1. The van der Waals surface area contributed by atoms with E-state index in [0.717, 1.165) is 22.0 Å². The topological polar surface area (TPSA) is 158 Å². The number of aliphatic carboxylic acids is 1. The van der Waals surface area contributed by atoms with Crippen molar-refractivity contribution in [2.24, 2.45) is 11.7 Å². The third-order valence-corrected chi connectivity index (χ3v) is 7.51. The zero-order valence-electron chi connectivity index (χ0n) is 23.5. The largest absolute Gasteiger partial charge is 0.480 e. The van der Waals surface area contributed by atoms with E-state index >= 15 is 0 Å². The predicted molar refractivity (Wildman–Crippen MR) is 156 cm³/mol. The summed E-state index contributed by atoms with van der Waals surface area (Å²) >= 11 is 0. The summed E-state index contributed by atoms with van der Waals surface area (Å²) in [5, 5.41) is 16.2. The van der Waals surface area contributed by atoms with Crippen molar-refractivity contribution in [3.05, 3.63) is 71.9 Å². The molecule has 0 aliphatic carbocycles. The van der Waals surface area contributed by atoms with Crippen molar-refractivity contribution in [2.75, 3.05) is 6.54 Å². The van der Waals surface area contributed by atoms with Crippen LogP contribution >= 0.6 is 0 Å². The molecule has 4 atom stereocenters. The number of aromatic nitrogens is 1. The Labute approximate surface area is 239 Å². The highest BCUT2D eigenvalue weighted by atomic mass is 16.4. The molecule has 1 aliphatic rings. The molecule has 10 heteroatoms. The second-order valence-corrected chi connectivity index (χ2v) is 11.1. The molecule has 218 valence electrons. The lowest BCUT2D eigenvalue weighted by atomic mass is 10.00. The molecule has 4 rings (SSSR count). The summed E-state index contributed by atoms with van der Waals surface area (Å²) in [4.78, 5) is 56.7. The lowest BCUT2D eigenvalue weighted by molar-refractivity contribution is -0.145. The summed E-state index contributed by atoms with van der Waals surface area (Å²) in [6, 6.07) is 13.1. The first-order valence-corrected chi connectivity index (χ1v) is 14.1. The van der Waals surface area contributed by atoms with E-state index in [-0.39, 0.29) is 18.2 Å². The zero-order valence-corrected chi connectivity index (χ0v) is 23.5. The number of para-hydroxylation sites is 1. The molecule has 1 aliphatic heterocycles. The molecule has 1 fully saturated rings. The summed E-state index contributed by atoms with van der Waals surface area (Å²) in [6.07, 6.45) is 3.65. The van der Waals surface area contributed by atoms with Crippen LogP contribution in [0, 0.1) is 5.92 Å². The fourth-order valence-electron chi connectivity index (χ4n) is 5.42. The maximum absolute atomic E-state index is 13.7. The van der Waals surface area contributed by atoms with Gasteiger partial charge in [0, 0.05) is 30.1 Å². The number of aromatic amines is 1. The summed E-state index contributed by atoms with van der Waals surface area (Å²) in [5.74, 6) is -2.37. The number of nitrogens with zero attached hydrogens (tertiary/aromatic N) is 1. The van der Waals surface area contributed by atoms with E-state index in [1.165, 1.54) is 4.90 Å². The van der Waals surface area contributed by atoms with Gasteiger partial charge in [0.05, 0.1) is 6.04 Å². The Hall–Kier alpha value is -4.18. The van der Waals surface area contributed by atoms with Crippen molar-refractivity contribution < 1.29 is 24.3 Å². The minimum absolute atomic E-state index is 0.0891. The van der Waals surface area contributed by atoms with E-state index in [1.54, 1.807) is 12.1 Å². The van der Waals surface area contributed by atoms with Crippen molar-refractivity contribution in [1.29, 1.82) is 0 Å². The van der Waals surface area contributed by atoms with E-state index < -0.39 is 42.0 Å². The van der Waals surface area contributed by atoms with Gasteiger partial charge in [0.15, 0.2) is 0 Å². The van der Waals surface area contributed by atoms with Crippen LogP contribution in [0.2, 0.25) is 0 Å². The third-order valence-electron chi connectivity index (χ3n) is 7.51. The first kappa shape index (κ1) is 29.8. The van der Waals surface area contributed by atoms with Crippen molar-refractivity contribution in [3.8, 4) is 0 Å². The standard InChI is InChI=1S/C31H39N5O5/c1-19(2)15-25(34-28(37)23(32)17-21-18-33-24-12-7-6-11-22(21)24)30(39)36-14-8-13-27(36)29(38)35-26(31(40)41)16-20-9-4-3-5-10-20/h3-7,9-12,18-19,23,25-27,33H,8,13-17,32H2,1-2H3,(H,34,37)(H,35,38)(H,40,41). The molecule has 1 aromatic heterocycles. The van der Waals surface area contributed by atoms with Crippen LogP contribution in [0.25, 0.3) is 10.9 Å². The van der Waals surface area contributed by atoms with E-state index in [4.69, 9.17) is 5.73 Å². The Balaban J connectivity index is 1.42. The van der Waals surface area contributed by atoms with Crippen molar-refractivity contribution in [2.45, 2.75) is 70.1 Å². The van der Waals surface area contributed by atoms with E-state index in [0.29, 0.717) is 32.2 Å². The Morgan fingerprint density at radius 1 is 1.00 bits per heavy atom. The molecule has 2 aromatic carbocycles. The minimum Gasteiger partial charge on any atom is -0.480 e. The number of carboxylic acids is 1. The van der Waals surface area contributed by atoms with Crippen molar-refractivity contribution in [1.82, 2.24) is 20.5 Å². The highest BCUT2D eigenvalue weighted by Crippen LogP contribution is 2.22. The number of H-pyrrole nitrogens is 1. The number of benzene rings is 2. The smallest absolute Gasteiger partial charge is 0.326 e. The van der Waals surface area contributed by atoms with Gasteiger partial charge in [-0.05, 0) is 48.8 Å². The lowest BCUT2D eigenvalue weighted by Crippen LogP contribution is -2.57. The summed E-state index contributed by atoms with van der Waals surface area (Å²) in [6.45, 7) is 4.25. The van der Waals surface area contributed by atoms with Crippen LogP contribution in [0.1, 0.15) is 44.2 Å². The number of nitrogens with one attached hydrogen (secondary N) is 3. The third kappa shape index (κ3) is 7.52. The van der Waals surface area contributed by atoms with Crippen LogP contribution in [0.5, 0.6) is 0 Å². The number of rotatable bonds is 12. The Bertz CT molecular complexity index is 1370. The molecule has 2 heterocycles. The van der Waals surface area contributed by atoms with Gasteiger partial charge in [-0.25, -0.2) is 4.79 Å². The first-order valence-electron chi connectivity index (χ1n) is 14.1. The molecule has 1 saturated heterocycles. The molecular formula is C31H39N5O5. The fraction of sp³-hybridized carbons (Fsp3) is 0.419. The Kier molecular flexibility index (Phi) is 9.78. The van der Waals surface area contributed by atoms with Gasteiger partial charge in [-0.15, -0.1) is 0 Å². The molecule has 0 saturated carbocycles. The number of carboxylic acid groups (broad SMARTS) is 1. The number of hydrogen-bond donors (Lipinski definition) is 5. The summed E-state index contributed by atoms with van der Waals surface area (Å²) < 4.78 is 0. The SMILES string of the molecule is CC(C)CC(NC(=O)C(N)Cc1c[nH]c2ccccc12)C(=O)N1CCCC1C(=O)NC(Cc1ccccc1)C(=O)O. The van der Waals surface area contributed by atoms with Gasteiger partial charge in [-0.1, -0.05) is 62.4 Å². The van der Waals surface area contributed by atoms with Crippen LogP contribution < -0.4 is 16.4 Å². The molecule has 10 nitrogen and oxygen atoms in total.